The lowest BCUT2D eigenvalue weighted by atomic mass is 10.1. The van der Waals surface area contributed by atoms with E-state index in [2.05, 4.69) is 58.5 Å². The molecule has 0 amide bonds. The van der Waals surface area contributed by atoms with Crippen LogP contribution in [0.3, 0.4) is 0 Å². The fraction of sp³-hybridized carbons (Fsp3) is 0.250. The Labute approximate surface area is 148 Å². The van der Waals surface area contributed by atoms with Crippen LogP contribution in [0.4, 0.5) is 17.5 Å². The third-order valence-corrected chi connectivity index (χ3v) is 3.96. The summed E-state index contributed by atoms with van der Waals surface area (Å²) >= 11 is 0. The van der Waals surface area contributed by atoms with E-state index < -0.39 is 0 Å². The molecule has 3 aromatic rings. The van der Waals surface area contributed by atoms with Gasteiger partial charge in [-0.3, -0.25) is 4.98 Å². The average molecular weight is 333 g/mol. The Morgan fingerprint density at radius 3 is 2.40 bits per heavy atom. The maximum Gasteiger partial charge on any atom is 0.229 e. The van der Waals surface area contributed by atoms with Crippen molar-refractivity contribution in [3.05, 3.63) is 70.7 Å². The van der Waals surface area contributed by atoms with Crippen molar-refractivity contribution in [3.63, 3.8) is 0 Å². The number of pyridine rings is 1. The Bertz CT molecular complexity index is 852. The molecule has 1 aromatic carbocycles. The van der Waals surface area contributed by atoms with Gasteiger partial charge < -0.3 is 10.6 Å². The van der Waals surface area contributed by atoms with Crippen LogP contribution < -0.4 is 10.6 Å². The summed E-state index contributed by atoms with van der Waals surface area (Å²) in [5.74, 6) is 1.39. The van der Waals surface area contributed by atoms with Crippen molar-refractivity contribution in [2.75, 3.05) is 10.6 Å². The van der Waals surface area contributed by atoms with Gasteiger partial charge in [-0.2, -0.15) is 4.98 Å². The molecule has 0 saturated heterocycles. The molecule has 5 nitrogen and oxygen atoms in total. The van der Waals surface area contributed by atoms with Gasteiger partial charge in [-0.05, 0) is 50.5 Å². The minimum Gasteiger partial charge on any atom is -0.366 e. The number of nitrogens with zero attached hydrogens (tertiary/aromatic N) is 3. The van der Waals surface area contributed by atoms with E-state index in [1.807, 2.05) is 31.3 Å². The van der Waals surface area contributed by atoms with E-state index in [0.29, 0.717) is 12.5 Å². The van der Waals surface area contributed by atoms with Gasteiger partial charge in [0.1, 0.15) is 5.82 Å². The third kappa shape index (κ3) is 4.32. The minimum atomic E-state index is 0.601. The summed E-state index contributed by atoms with van der Waals surface area (Å²) in [7, 11) is 0. The van der Waals surface area contributed by atoms with E-state index in [0.717, 1.165) is 22.8 Å². The predicted octanol–water partition coefficient (Wildman–Crippen LogP) is 4.46. The molecule has 0 aliphatic heterocycles. The van der Waals surface area contributed by atoms with Crippen LogP contribution in [0.15, 0.2) is 42.7 Å². The maximum atomic E-state index is 4.59. The van der Waals surface area contributed by atoms with Gasteiger partial charge in [-0.15, -0.1) is 0 Å². The quantitative estimate of drug-likeness (QED) is 0.722. The summed E-state index contributed by atoms with van der Waals surface area (Å²) < 4.78 is 0. The molecule has 0 aliphatic carbocycles. The molecule has 3 rings (SSSR count). The van der Waals surface area contributed by atoms with E-state index in [4.69, 9.17) is 0 Å². The molecule has 0 aliphatic rings. The molecular weight excluding hydrogens is 310 g/mol. The molecule has 5 heteroatoms. The molecule has 0 spiro atoms. The summed E-state index contributed by atoms with van der Waals surface area (Å²) in [6, 6.07) is 10.2. The number of aromatic nitrogens is 3. The predicted molar refractivity (Wildman–Crippen MR) is 102 cm³/mol. The van der Waals surface area contributed by atoms with Gasteiger partial charge in [0.2, 0.25) is 5.95 Å². The summed E-state index contributed by atoms with van der Waals surface area (Å²) in [4.78, 5) is 13.2. The first-order chi connectivity index (χ1) is 12.0. The van der Waals surface area contributed by atoms with Gasteiger partial charge in [0.25, 0.3) is 0 Å². The van der Waals surface area contributed by atoms with Crippen molar-refractivity contribution in [2.24, 2.45) is 0 Å². The molecule has 0 saturated carbocycles. The van der Waals surface area contributed by atoms with E-state index in [-0.39, 0.29) is 0 Å². The smallest absolute Gasteiger partial charge is 0.229 e. The molecule has 2 aromatic heterocycles. The average Bonchev–Trinajstić information content (AvgIpc) is 2.57. The van der Waals surface area contributed by atoms with Crippen LogP contribution in [0, 0.1) is 27.7 Å². The Hall–Kier alpha value is -2.95. The first-order valence-electron chi connectivity index (χ1n) is 8.34. The lowest BCUT2D eigenvalue weighted by molar-refractivity contribution is 1.05. The van der Waals surface area contributed by atoms with Crippen LogP contribution in [-0.2, 0) is 6.54 Å². The lowest BCUT2D eigenvalue weighted by Gasteiger charge is -2.14. The van der Waals surface area contributed by atoms with Crippen molar-refractivity contribution in [2.45, 2.75) is 34.2 Å². The van der Waals surface area contributed by atoms with Crippen LogP contribution in [0.25, 0.3) is 0 Å². The van der Waals surface area contributed by atoms with Crippen LogP contribution in [-0.4, -0.2) is 15.0 Å². The molecule has 2 N–H and O–H groups in total. The molecule has 2 heterocycles. The number of anilines is 3. The van der Waals surface area contributed by atoms with Gasteiger partial charge in [0.15, 0.2) is 0 Å². The molecule has 0 atom stereocenters. The van der Waals surface area contributed by atoms with Crippen LogP contribution >= 0.6 is 0 Å². The number of hydrogen-bond donors (Lipinski definition) is 2. The fourth-order valence-corrected chi connectivity index (χ4v) is 2.90. The molecule has 0 fully saturated rings. The topological polar surface area (TPSA) is 62.7 Å². The minimum absolute atomic E-state index is 0.601. The van der Waals surface area contributed by atoms with Crippen molar-refractivity contribution < 1.29 is 0 Å². The zero-order chi connectivity index (χ0) is 17.8. The van der Waals surface area contributed by atoms with Crippen molar-refractivity contribution in [1.29, 1.82) is 0 Å². The number of hydrogen-bond acceptors (Lipinski definition) is 5. The highest BCUT2D eigenvalue weighted by molar-refractivity contribution is 5.64. The summed E-state index contributed by atoms with van der Waals surface area (Å²) in [6.45, 7) is 8.94. The maximum absolute atomic E-state index is 4.59. The second-order valence-corrected chi connectivity index (χ2v) is 6.33. The monoisotopic (exact) mass is 333 g/mol. The Morgan fingerprint density at radius 2 is 1.72 bits per heavy atom. The van der Waals surface area contributed by atoms with E-state index >= 15 is 0 Å². The van der Waals surface area contributed by atoms with Crippen LogP contribution in [0.5, 0.6) is 0 Å². The van der Waals surface area contributed by atoms with Gasteiger partial charge in [-0.25, -0.2) is 4.98 Å². The zero-order valence-corrected chi connectivity index (χ0v) is 15.1. The first-order valence-corrected chi connectivity index (χ1v) is 8.34. The second kappa shape index (κ2) is 7.30. The largest absolute Gasteiger partial charge is 0.366 e. The first kappa shape index (κ1) is 16.9. The Kier molecular flexibility index (Phi) is 4.93. The van der Waals surface area contributed by atoms with Gasteiger partial charge in [-0.1, -0.05) is 23.8 Å². The van der Waals surface area contributed by atoms with E-state index in [9.17, 15) is 0 Å². The molecule has 128 valence electrons. The highest BCUT2D eigenvalue weighted by Gasteiger charge is 2.08. The summed E-state index contributed by atoms with van der Waals surface area (Å²) in [6.07, 6.45) is 3.62. The summed E-state index contributed by atoms with van der Waals surface area (Å²) in [5.41, 5.74) is 6.71. The highest BCUT2D eigenvalue weighted by Crippen LogP contribution is 2.25. The van der Waals surface area contributed by atoms with Gasteiger partial charge >= 0.3 is 0 Å². The summed E-state index contributed by atoms with van der Waals surface area (Å²) in [5, 5.41) is 6.71. The number of nitrogens with one attached hydrogen (secondary N) is 2. The van der Waals surface area contributed by atoms with Crippen molar-refractivity contribution in [3.8, 4) is 0 Å². The molecule has 0 unspecified atom stereocenters. The normalized spacial score (nSPS) is 10.6. The highest BCUT2D eigenvalue weighted by atomic mass is 15.1. The standard InChI is InChI=1S/C20H23N5/c1-13-8-14(2)19(15(3)9-13)25-20-23-16(4)10-18(24-20)22-12-17-6-5-7-21-11-17/h5-11H,12H2,1-4H3,(H2,22,23,24,25). The van der Waals surface area contributed by atoms with Gasteiger partial charge in [0, 0.05) is 36.4 Å². The Morgan fingerprint density at radius 1 is 0.960 bits per heavy atom. The van der Waals surface area contributed by atoms with Gasteiger partial charge in [0.05, 0.1) is 0 Å². The molecule has 25 heavy (non-hydrogen) atoms. The van der Waals surface area contributed by atoms with Crippen molar-refractivity contribution in [1.82, 2.24) is 15.0 Å². The number of aryl methyl sites for hydroxylation is 4. The molecular formula is C20H23N5. The molecule has 0 radical (unpaired) electrons. The fourth-order valence-electron chi connectivity index (χ4n) is 2.90. The van der Waals surface area contributed by atoms with Crippen LogP contribution in [0.2, 0.25) is 0 Å². The third-order valence-electron chi connectivity index (χ3n) is 3.96. The number of benzene rings is 1. The van der Waals surface area contributed by atoms with E-state index in [1.165, 1.54) is 16.7 Å². The van der Waals surface area contributed by atoms with Crippen molar-refractivity contribution >= 4 is 17.5 Å². The second-order valence-electron chi connectivity index (χ2n) is 6.33. The zero-order valence-electron chi connectivity index (χ0n) is 15.1. The van der Waals surface area contributed by atoms with Crippen LogP contribution in [0.1, 0.15) is 27.9 Å². The van der Waals surface area contributed by atoms with E-state index in [1.54, 1.807) is 6.20 Å². The number of rotatable bonds is 5. The lowest BCUT2D eigenvalue weighted by Crippen LogP contribution is -2.07. The Balaban J connectivity index is 1.80. The SMILES string of the molecule is Cc1cc(C)c(Nc2nc(C)cc(NCc3cccnc3)n2)c(C)c1. The molecule has 0 bridgehead atoms.